The predicted molar refractivity (Wildman–Crippen MR) is 68.0 cm³/mol. The Kier molecular flexibility index (Phi) is 6.29. The van der Waals surface area contributed by atoms with Crippen LogP contribution < -0.4 is 11.1 Å². The average molecular weight is 236 g/mol. The summed E-state index contributed by atoms with van der Waals surface area (Å²) >= 11 is 0. The van der Waals surface area contributed by atoms with Crippen molar-refractivity contribution >= 4 is 5.91 Å². The van der Waals surface area contributed by atoms with Crippen LogP contribution in [0.3, 0.4) is 0 Å². The van der Waals surface area contributed by atoms with Crippen LogP contribution in [0.2, 0.25) is 0 Å². The maximum absolute atomic E-state index is 11.8. The molecule has 4 nitrogen and oxygen atoms in total. The summed E-state index contributed by atoms with van der Waals surface area (Å²) in [5.41, 5.74) is 7.01. The molecule has 0 fully saturated rings. The molecule has 0 radical (unpaired) electrons. The Morgan fingerprint density at radius 1 is 1.35 bits per heavy atom. The molecule has 1 amide bonds. The number of aryl methyl sites for hydroxylation is 1. The van der Waals surface area contributed by atoms with Crippen LogP contribution in [0.15, 0.2) is 24.3 Å². The van der Waals surface area contributed by atoms with Gasteiger partial charge in [-0.1, -0.05) is 18.2 Å². The number of benzene rings is 1. The normalized spacial score (nSPS) is 10.2. The van der Waals surface area contributed by atoms with Gasteiger partial charge in [-0.25, -0.2) is 0 Å². The highest BCUT2D eigenvalue weighted by Crippen LogP contribution is 2.06. The summed E-state index contributed by atoms with van der Waals surface area (Å²) in [5, 5.41) is 2.87. The number of nitrogens with two attached hydrogens (primary N) is 1. The number of carbonyl (C=O) groups is 1. The van der Waals surface area contributed by atoms with E-state index >= 15 is 0 Å². The Hall–Kier alpha value is -1.39. The largest absolute Gasteiger partial charge is 0.380 e. The van der Waals surface area contributed by atoms with E-state index in [0.717, 1.165) is 17.5 Å². The van der Waals surface area contributed by atoms with E-state index in [1.165, 1.54) is 0 Å². The highest BCUT2D eigenvalue weighted by atomic mass is 16.5. The van der Waals surface area contributed by atoms with E-state index in [0.29, 0.717) is 26.3 Å². The van der Waals surface area contributed by atoms with Gasteiger partial charge in [-0.15, -0.1) is 0 Å². The molecule has 0 bridgehead atoms. The fraction of sp³-hybridized carbons (Fsp3) is 0.462. The van der Waals surface area contributed by atoms with Gasteiger partial charge in [0.1, 0.15) is 0 Å². The highest BCUT2D eigenvalue weighted by Gasteiger charge is 2.06. The van der Waals surface area contributed by atoms with Crippen LogP contribution in [0, 0.1) is 6.92 Å². The molecule has 0 unspecified atom stereocenters. The van der Waals surface area contributed by atoms with E-state index in [4.69, 9.17) is 10.5 Å². The van der Waals surface area contributed by atoms with E-state index < -0.39 is 0 Å². The maximum atomic E-state index is 11.8. The number of hydrogen-bond donors (Lipinski definition) is 2. The first-order valence-corrected chi connectivity index (χ1v) is 5.87. The molecule has 0 saturated heterocycles. The van der Waals surface area contributed by atoms with E-state index in [1.807, 2.05) is 31.2 Å². The molecule has 1 aromatic rings. The summed E-state index contributed by atoms with van der Waals surface area (Å²) in [6.07, 6.45) is 0.803. The Morgan fingerprint density at radius 3 is 2.82 bits per heavy atom. The summed E-state index contributed by atoms with van der Waals surface area (Å²) < 4.78 is 5.22. The third-order valence-electron chi connectivity index (χ3n) is 2.40. The summed E-state index contributed by atoms with van der Waals surface area (Å²) in [4.78, 5) is 11.8. The van der Waals surface area contributed by atoms with Gasteiger partial charge in [0.25, 0.3) is 5.91 Å². The van der Waals surface area contributed by atoms with Crippen LogP contribution in [-0.4, -0.2) is 32.2 Å². The number of hydrogen-bond acceptors (Lipinski definition) is 3. The summed E-state index contributed by atoms with van der Waals surface area (Å²) in [6.45, 7) is 4.30. The van der Waals surface area contributed by atoms with Gasteiger partial charge in [0.05, 0.1) is 6.61 Å². The van der Waals surface area contributed by atoms with E-state index in [9.17, 15) is 4.79 Å². The molecule has 1 rings (SSSR count). The Labute approximate surface area is 102 Å². The number of nitrogens with one attached hydrogen (secondary N) is 1. The van der Waals surface area contributed by atoms with Crippen LogP contribution >= 0.6 is 0 Å². The van der Waals surface area contributed by atoms with Gasteiger partial charge in [-0.2, -0.15) is 0 Å². The van der Waals surface area contributed by atoms with E-state index in [1.54, 1.807) is 0 Å². The van der Waals surface area contributed by atoms with E-state index in [2.05, 4.69) is 5.32 Å². The molecule has 0 atom stereocenters. The predicted octanol–water partition coefficient (Wildman–Crippen LogP) is 1.09. The minimum Gasteiger partial charge on any atom is -0.380 e. The van der Waals surface area contributed by atoms with Crippen molar-refractivity contribution in [3.63, 3.8) is 0 Å². The lowest BCUT2D eigenvalue weighted by atomic mass is 10.1. The second-order valence-electron chi connectivity index (χ2n) is 3.83. The zero-order chi connectivity index (χ0) is 12.5. The van der Waals surface area contributed by atoms with Gasteiger partial charge in [-0.3, -0.25) is 4.79 Å². The van der Waals surface area contributed by atoms with Crippen molar-refractivity contribution in [1.82, 2.24) is 5.32 Å². The lowest BCUT2D eigenvalue weighted by Gasteiger charge is -2.07. The summed E-state index contributed by atoms with van der Waals surface area (Å²) in [7, 11) is 0. The standard InChI is InChI=1S/C13H20N2O2/c1-11-5-2-3-6-12(11)13(16)15-8-4-9-17-10-7-14/h2-3,5-6H,4,7-10,14H2,1H3,(H,15,16). The van der Waals surface area contributed by atoms with Crippen LogP contribution in [-0.2, 0) is 4.74 Å². The SMILES string of the molecule is Cc1ccccc1C(=O)NCCCOCCN. The zero-order valence-corrected chi connectivity index (χ0v) is 10.2. The molecule has 17 heavy (non-hydrogen) atoms. The van der Waals surface area contributed by atoms with Crippen molar-refractivity contribution < 1.29 is 9.53 Å². The van der Waals surface area contributed by atoms with Crippen molar-refractivity contribution in [2.75, 3.05) is 26.3 Å². The van der Waals surface area contributed by atoms with Gasteiger partial charge in [0.2, 0.25) is 0 Å². The molecule has 0 spiro atoms. The molecular formula is C13H20N2O2. The lowest BCUT2D eigenvalue weighted by molar-refractivity contribution is 0.0942. The van der Waals surface area contributed by atoms with Crippen LogP contribution in [0.1, 0.15) is 22.3 Å². The number of amides is 1. The monoisotopic (exact) mass is 236 g/mol. The van der Waals surface area contributed by atoms with Crippen molar-refractivity contribution in [3.05, 3.63) is 35.4 Å². The Bertz CT molecular complexity index is 353. The molecule has 0 aliphatic rings. The van der Waals surface area contributed by atoms with Crippen molar-refractivity contribution in [1.29, 1.82) is 0 Å². The van der Waals surface area contributed by atoms with Gasteiger partial charge < -0.3 is 15.8 Å². The van der Waals surface area contributed by atoms with Gasteiger partial charge in [0, 0.05) is 25.3 Å². The molecule has 0 saturated carbocycles. The molecule has 0 aliphatic carbocycles. The third kappa shape index (κ3) is 4.97. The lowest BCUT2D eigenvalue weighted by Crippen LogP contribution is -2.26. The summed E-state index contributed by atoms with van der Waals surface area (Å²) in [6, 6.07) is 7.55. The minimum atomic E-state index is -0.0260. The topological polar surface area (TPSA) is 64.3 Å². The number of rotatable bonds is 7. The fourth-order valence-electron chi connectivity index (χ4n) is 1.48. The Balaban J connectivity index is 2.24. The Morgan fingerprint density at radius 2 is 2.12 bits per heavy atom. The second-order valence-corrected chi connectivity index (χ2v) is 3.83. The maximum Gasteiger partial charge on any atom is 0.251 e. The first kappa shape index (κ1) is 13.7. The first-order valence-electron chi connectivity index (χ1n) is 5.87. The van der Waals surface area contributed by atoms with Crippen LogP contribution in [0.4, 0.5) is 0 Å². The molecule has 0 heterocycles. The molecule has 0 aliphatic heterocycles. The number of ether oxygens (including phenoxy) is 1. The average Bonchev–Trinajstić information content (AvgIpc) is 2.34. The van der Waals surface area contributed by atoms with Gasteiger partial charge in [0.15, 0.2) is 0 Å². The first-order chi connectivity index (χ1) is 8.25. The van der Waals surface area contributed by atoms with E-state index in [-0.39, 0.29) is 5.91 Å². The molecular weight excluding hydrogens is 216 g/mol. The van der Waals surface area contributed by atoms with Gasteiger partial charge >= 0.3 is 0 Å². The van der Waals surface area contributed by atoms with Gasteiger partial charge in [-0.05, 0) is 25.0 Å². The number of carbonyl (C=O) groups excluding carboxylic acids is 1. The highest BCUT2D eigenvalue weighted by molar-refractivity contribution is 5.95. The molecule has 3 N–H and O–H groups in total. The molecule has 4 heteroatoms. The van der Waals surface area contributed by atoms with Crippen molar-refractivity contribution in [3.8, 4) is 0 Å². The molecule has 1 aromatic carbocycles. The van der Waals surface area contributed by atoms with Crippen LogP contribution in [0.5, 0.6) is 0 Å². The minimum absolute atomic E-state index is 0.0260. The summed E-state index contributed by atoms with van der Waals surface area (Å²) in [5.74, 6) is -0.0260. The zero-order valence-electron chi connectivity index (χ0n) is 10.2. The third-order valence-corrected chi connectivity index (χ3v) is 2.40. The van der Waals surface area contributed by atoms with Crippen molar-refractivity contribution in [2.24, 2.45) is 5.73 Å². The van der Waals surface area contributed by atoms with Crippen LogP contribution in [0.25, 0.3) is 0 Å². The second kappa shape index (κ2) is 7.81. The quantitative estimate of drug-likeness (QED) is 0.697. The smallest absolute Gasteiger partial charge is 0.251 e. The molecule has 0 aromatic heterocycles. The fourth-order valence-corrected chi connectivity index (χ4v) is 1.48. The molecule has 94 valence electrons. The van der Waals surface area contributed by atoms with Crippen molar-refractivity contribution in [2.45, 2.75) is 13.3 Å².